The minimum absolute atomic E-state index is 0.0154. The number of aryl methyl sites for hydroxylation is 1. The fraction of sp³-hybridized carbons (Fsp3) is 0.389. The zero-order valence-electron chi connectivity index (χ0n) is 13.6. The van der Waals surface area contributed by atoms with Gasteiger partial charge in [0, 0.05) is 9.75 Å². The van der Waals surface area contributed by atoms with E-state index in [9.17, 15) is 4.79 Å². The van der Waals surface area contributed by atoms with Gasteiger partial charge in [0.1, 0.15) is 0 Å². The van der Waals surface area contributed by atoms with Gasteiger partial charge in [-0.15, -0.1) is 11.3 Å². The van der Waals surface area contributed by atoms with E-state index in [1.54, 1.807) is 11.3 Å². The van der Waals surface area contributed by atoms with Crippen LogP contribution in [0.3, 0.4) is 0 Å². The number of benzene rings is 1. The van der Waals surface area contributed by atoms with Crippen LogP contribution in [0, 0.1) is 0 Å². The molecule has 1 aromatic heterocycles. The zero-order valence-corrected chi connectivity index (χ0v) is 14.4. The topological polar surface area (TPSA) is 47.6 Å². The molecule has 23 heavy (non-hydrogen) atoms. The maximum Gasteiger partial charge on any atom is 0.258 e. The van der Waals surface area contributed by atoms with Crippen molar-refractivity contribution in [3.05, 3.63) is 46.2 Å². The van der Waals surface area contributed by atoms with Gasteiger partial charge in [0.05, 0.1) is 13.2 Å². The molecule has 0 saturated carbocycles. The van der Waals surface area contributed by atoms with Gasteiger partial charge in [-0.05, 0) is 37.1 Å². The molecule has 124 valence electrons. The van der Waals surface area contributed by atoms with E-state index in [-0.39, 0.29) is 12.5 Å². The molecular weight excluding hydrogens is 310 g/mol. The van der Waals surface area contributed by atoms with Crippen LogP contribution in [0.4, 0.5) is 0 Å². The van der Waals surface area contributed by atoms with Crippen LogP contribution < -0.4 is 14.8 Å². The third-order valence-corrected chi connectivity index (χ3v) is 4.42. The molecule has 0 bridgehead atoms. The minimum Gasteiger partial charge on any atom is -0.490 e. The Bertz CT molecular complexity index is 624. The van der Waals surface area contributed by atoms with Crippen molar-refractivity contribution >= 4 is 17.2 Å². The van der Waals surface area contributed by atoms with Crippen molar-refractivity contribution in [1.82, 2.24) is 5.32 Å². The summed E-state index contributed by atoms with van der Waals surface area (Å²) in [6.07, 6.45) is 1.95. The summed E-state index contributed by atoms with van der Waals surface area (Å²) in [6.45, 7) is 5.33. The highest BCUT2D eigenvalue weighted by atomic mass is 32.1. The molecule has 5 heteroatoms. The van der Waals surface area contributed by atoms with Crippen LogP contribution in [-0.4, -0.2) is 19.1 Å². The van der Waals surface area contributed by atoms with Crippen molar-refractivity contribution in [2.24, 2.45) is 0 Å². The van der Waals surface area contributed by atoms with Gasteiger partial charge in [0.25, 0.3) is 5.91 Å². The maximum atomic E-state index is 11.9. The summed E-state index contributed by atoms with van der Waals surface area (Å²) in [5.41, 5.74) is 0. The van der Waals surface area contributed by atoms with Gasteiger partial charge in [-0.1, -0.05) is 26.0 Å². The molecule has 0 saturated heterocycles. The Morgan fingerprint density at radius 2 is 1.74 bits per heavy atom. The first-order valence-electron chi connectivity index (χ1n) is 7.91. The molecule has 0 radical (unpaired) electrons. The molecule has 0 aliphatic carbocycles. The predicted octanol–water partition coefficient (Wildman–Crippen LogP) is 3.79. The fourth-order valence-electron chi connectivity index (χ4n) is 1.99. The second-order valence-corrected chi connectivity index (χ2v) is 6.34. The number of para-hydroxylation sites is 2. The van der Waals surface area contributed by atoms with Crippen LogP contribution in [0.2, 0.25) is 0 Å². The molecule has 2 aromatic rings. The quantitative estimate of drug-likeness (QED) is 0.759. The van der Waals surface area contributed by atoms with Crippen LogP contribution in [0.25, 0.3) is 0 Å². The van der Waals surface area contributed by atoms with Gasteiger partial charge in [0.2, 0.25) is 0 Å². The van der Waals surface area contributed by atoms with Gasteiger partial charge < -0.3 is 14.8 Å². The number of amides is 1. The molecule has 0 spiro atoms. The molecule has 2 rings (SSSR count). The van der Waals surface area contributed by atoms with E-state index in [1.807, 2.05) is 31.2 Å². The summed E-state index contributed by atoms with van der Waals surface area (Å²) in [4.78, 5) is 14.4. The van der Waals surface area contributed by atoms with Crippen molar-refractivity contribution in [1.29, 1.82) is 0 Å². The van der Waals surface area contributed by atoms with E-state index in [4.69, 9.17) is 9.47 Å². The summed E-state index contributed by atoms with van der Waals surface area (Å²) in [5.74, 6) is 1.13. The van der Waals surface area contributed by atoms with E-state index >= 15 is 0 Å². The van der Waals surface area contributed by atoms with Crippen LogP contribution in [0.1, 0.15) is 30.0 Å². The molecule has 1 amide bonds. The normalized spacial score (nSPS) is 10.3. The lowest BCUT2D eigenvalue weighted by atomic mass is 10.3. The molecule has 4 nitrogen and oxygen atoms in total. The molecule has 1 heterocycles. The molecular formula is C18H23NO3S. The Morgan fingerprint density at radius 1 is 1.04 bits per heavy atom. The van der Waals surface area contributed by atoms with E-state index in [0.29, 0.717) is 24.7 Å². The number of rotatable bonds is 9. The van der Waals surface area contributed by atoms with Crippen LogP contribution in [-0.2, 0) is 17.8 Å². The van der Waals surface area contributed by atoms with Crippen molar-refractivity contribution < 1.29 is 14.3 Å². The Labute approximate surface area is 141 Å². The standard InChI is InChI=1S/C18H23NO3S/c1-3-11-21-16-7-5-6-8-17(16)22-13-18(20)19-12-15-10-9-14(4-2)23-15/h5-10H,3-4,11-13H2,1-2H3,(H,19,20). The summed E-state index contributed by atoms with van der Waals surface area (Å²) in [7, 11) is 0. The maximum absolute atomic E-state index is 11.9. The lowest BCUT2D eigenvalue weighted by Crippen LogP contribution is -2.28. The SMILES string of the molecule is CCCOc1ccccc1OCC(=O)NCc1ccc(CC)s1. The first kappa shape index (κ1) is 17.3. The number of nitrogens with one attached hydrogen (secondary N) is 1. The Balaban J connectivity index is 1.80. The molecule has 0 fully saturated rings. The number of carbonyl (C=O) groups excluding carboxylic acids is 1. The number of hydrogen-bond acceptors (Lipinski definition) is 4. The lowest BCUT2D eigenvalue weighted by Gasteiger charge is -2.12. The third kappa shape index (κ3) is 5.60. The number of ether oxygens (including phenoxy) is 2. The lowest BCUT2D eigenvalue weighted by molar-refractivity contribution is -0.123. The summed E-state index contributed by atoms with van der Waals surface area (Å²) < 4.78 is 11.2. The van der Waals surface area contributed by atoms with Crippen LogP contribution >= 0.6 is 11.3 Å². The summed E-state index contributed by atoms with van der Waals surface area (Å²) in [5, 5.41) is 2.87. The van der Waals surface area contributed by atoms with Crippen LogP contribution in [0.5, 0.6) is 11.5 Å². The summed E-state index contributed by atoms with van der Waals surface area (Å²) in [6, 6.07) is 11.6. The Morgan fingerprint density at radius 3 is 2.39 bits per heavy atom. The smallest absolute Gasteiger partial charge is 0.258 e. The molecule has 0 aliphatic heterocycles. The van der Waals surface area contributed by atoms with Gasteiger partial charge in [-0.2, -0.15) is 0 Å². The molecule has 1 N–H and O–H groups in total. The number of hydrogen-bond donors (Lipinski definition) is 1. The fourth-order valence-corrected chi connectivity index (χ4v) is 2.89. The van der Waals surface area contributed by atoms with Crippen molar-refractivity contribution in [2.45, 2.75) is 33.2 Å². The first-order valence-corrected chi connectivity index (χ1v) is 8.73. The van der Waals surface area contributed by atoms with Gasteiger partial charge >= 0.3 is 0 Å². The summed E-state index contributed by atoms with van der Waals surface area (Å²) >= 11 is 1.73. The molecule has 1 aromatic carbocycles. The van der Waals surface area contributed by atoms with E-state index in [2.05, 4.69) is 24.4 Å². The highest BCUT2D eigenvalue weighted by Crippen LogP contribution is 2.26. The van der Waals surface area contributed by atoms with Gasteiger partial charge in [-0.25, -0.2) is 0 Å². The van der Waals surface area contributed by atoms with Gasteiger partial charge in [-0.3, -0.25) is 4.79 Å². The average Bonchev–Trinajstić information content (AvgIpc) is 3.05. The number of carbonyl (C=O) groups is 1. The zero-order chi connectivity index (χ0) is 16.5. The number of thiophene rings is 1. The highest BCUT2D eigenvalue weighted by Gasteiger charge is 2.08. The highest BCUT2D eigenvalue weighted by molar-refractivity contribution is 7.11. The third-order valence-electron chi connectivity index (χ3n) is 3.20. The van der Waals surface area contributed by atoms with E-state index < -0.39 is 0 Å². The second-order valence-electron chi connectivity index (χ2n) is 5.08. The Kier molecular flexibility index (Phi) is 6.94. The average molecular weight is 333 g/mol. The van der Waals surface area contributed by atoms with Gasteiger partial charge in [0.15, 0.2) is 18.1 Å². The predicted molar refractivity (Wildman–Crippen MR) is 93.3 cm³/mol. The molecule has 0 aliphatic rings. The molecule has 0 unspecified atom stereocenters. The molecule has 0 atom stereocenters. The van der Waals surface area contributed by atoms with E-state index in [0.717, 1.165) is 17.7 Å². The minimum atomic E-state index is -0.137. The van der Waals surface area contributed by atoms with Crippen molar-refractivity contribution in [3.8, 4) is 11.5 Å². The monoisotopic (exact) mass is 333 g/mol. The van der Waals surface area contributed by atoms with Crippen molar-refractivity contribution in [3.63, 3.8) is 0 Å². The Hall–Kier alpha value is -2.01. The van der Waals surface area contributed by atoms with E-state index in [1.165, 1.54) is 4.88 Å². The second kappa shape index (κ2) is 9.20. The largest absolute Gasteiger partial charge is 0.490 e. The van der Waals surface area contributed by atoms with Crippen LogP contribution in [0.15, 0.2) is 36.4 Å². The van der Waals surface area contributed by atoms with Crippen molar-refractivity contribution in [2.75, 3.05) is 13.2 Å². The first-order chi connectivity index (χ1) is 11.2.